The molecule has 106 valence electrons. The topological polar surface area (TPSA) is 81.4 Å². The molecule has 0 heterocycles. The predicted octanol–water partition coefficient (Wildman–Crippen LogP) is 1.76. The first kappa shape index (κ1) is 15.5. The summed E-state index contributed by atoms with van der Waals surface area (Å²) in [6.07, 6.45) is 0.961. The summed E-state index contributed by atoms with van der Waals surface area (Å²) in [7, 11) is 0.702. The minimum absolute atomic E-state index is 0.115. The Balaban J connectivity index is 2.50. The summed E-state index contributed by atoms with van der Waals surface area (Å²) in [6.45, 7) is 1.87. The van der Waals surface area contributed by atoms with Gasteiger partial charge < -0.3 is 15.8 Å². The van der Waals surface area contributed by atoms with Crippen LogP contribution < -0.4 is 15.8 Å². The molecule has 0 saturated heterocycles. The molecule has 0 aliphatic rings. The lowest BCUT2D eigenvalue weighted by Gasteiger charge is -2.10. The van der Waals surface area contributed by atoms with Crippen molar-refractivity contribution in [1.29, 1.82) is 0 Å². The summed E-state index contributed by atoms with van der Waals surface area (Å²) in [5.74, 6) is 1.61. The second-order valence-electron chi connectivity index (χ2n) is 4.04. The van der Waals surface area contributed by atoms with Crippen molar-refractivity contribution in [2.45, 2.75) is 19.8 Å². The van der Waals surface area contributed by atoms with Crippen LogP contribution in [0.3, 0.4) is 0 Å². The number of methoxy groups -OCH3 is 1. The summed E-state index contributed by atoms with van der Waals surface area (Å²) >= 11 is 0. The van der Waals surface area contributed by atoms with Gasteiger partial charge in [-0.15, -0.1) is 0 Å². The van der Waals surface area contributed by atoms with Crippen LogP contribution in [0.1, 0.15) is 19.8 Å². The molecule has 1 aromatic carbocycles. The highest BCUT2D eigenvalue weighted by molar-refractivity contribution is 7.84. The van der Waals surface area contributed by atoms with Crippen molar-refractivity contribution in [3.8, 4) is 5.75 Å². The normalized spacial score (nSPS) is 11.9. The maximum atomic E-state index is 11.7. The van der Waals surface area contributed by atoms with Crippen LogP contribution in [0.25, 0.3) is 0 Å². The molecule has 0 fully saturated rings. The van der Waals surface area contributed by atoms with Gasteiger partial charge in [-0.3, -0.25) is 9.00 Å². The van der Waals surface area contributed by atoms with E-state index >= 15 is 0 Å². The van der Waals surface area contributed by atoms with E-state index in [9.17, 15) is 9.00 Å². The van der Waals surface area contributed by atoms with Gasteiger partial charge in [0.1, 0.15) is 5.75 Å². The number of anilines is 2. The van der Waals surface area contributed by atoms with E-state index < -0.39 is 10.8 Å². The van der Waals surface area contributed by atoms with Gasteiger partial charge in [-0.05, 0) is 18.6 Å². The highest BCUT2D eigenvalue weighted by Crippen LogP contribution is 2.26. The van der Waals surface area contributed by atoms with Crippen LogP contribution in [0, 0.1) is 0 Å². The van der Waals surface area contributed by atoms with E-state index in [0.29, 0.717) is 41.5 Å². The molecule has 0 aromatic heterocycles. The van der Waals surface area contributed by atoms with Crippen molar-refractivity contribution >= 4 is 28.1 Å². The Labute approximate surface area is 116 Å². The fourth-order valence-corrected chi connectivity index (χ4v) is 2.32. The number of hydrogen-bond donors (Lipinski definition) is 2. The smallest absolute Gasteiger partial charge is 0.224 e. The Morgan fingerprint density at radius 2 is 2.21 bits per heavy atom. The van der Waals surface area contributed by atoms with Gasteiger partial charge in [0, 0.05) is 40.5 Å². The van der Waals surface area contributed by atoms with Gasteiger partial charge in [0.25, 0.3) is 0 Å². The number of nitrogens with one attached hydrogen (secondary N) is 1. The molecule has 0 saturated carbocycles. The van der Waals surface area contributed by atoms with Crippen molar-refractivity contribution in [1.82, 2.24) is 0 Å². The third kappa shape index (κ3) is 5.30. The van der Waals surface area contributed by atoms with Crippen LogP contribution in [-0.2, 0) is 15.6 Å². The Morgan fingerprint density at radius 1 is 1.47 bits per heavy atom. The van der Waals surface area contributed by atoms with Gasteiger partial charge >= 0.3 is 0 Å². The standard InChI is InChI=1S/C13H20N2O3S/c1-3-19(17)8-4-5-13(16)15-11-7-6-10(14)9-12(11)18-2/h6-7,9H,3-5,8,14H2,1-2H3,(H,15,16). The highest BCUT2D eigenvalue weighted by Gasteiger charge is 2.08. The Morgan fingerprint density at radius 3 is 2.84 bits per heavy atom. The van der Waals surface area contributed by atoms with E-state index in [1.165, 1.54) is 7.11 Å². The van der Waals surface area contributed by atoms with Crippen LogP contribution in [-0.4, -0.2) is 28.7 Å². The first-order chi connectivity index (χ1) is 9.06. The largest absolute Gasteiger partial charge is 0.494 e. The quantitative estimate of drug-likeness (QED) is 0.748. The molecule has 3 N–H and O–H groups in total. The van der Waals surface area contributed by atoms with Gasteiger partial charge in [0.05, 0.1) is 12.8 Å². The number of benzene rings is 1. The maximum absolute atomic E-state index is 11.7. The molecule has 0 bridgehead atoms. The fraction of sp³-hybridized carbons (Fsp3) is 0.462. The van der Waals surface area contributed by atoms with Crippen LogP contribution in [0.5, 0.6) is 5.75 Å². The molecule has 0 spiro atoms. The van der Waals surface area contributed by atoms with E-state index in [1.807, 2.05) is 6.92 Å². The lowest BCUT2D eigenvalue weighted by molar-refractivity contribution is -0.116. The van der Waals surface area contributed by atoms with Crippen LogP contribution >= 0.6 is 0 Å². The number of rotatable bonds is 7. The van der Waals surface area contributed by atoms with E-state index in [4.69, 9.17) is 10.5 Å². The number of carbonyl (C=O) groups excluding carboxylic acids is 1. The number of ether oxygens (including phenoxy) is 1. The summed E-state index contributed by atoms with van der Waals surface area (Å²) in [6, 6.07) is 5.06. The molecule has 0 aliphatic carbocycles. The van der Waals surface area contributed by atoms with E-state index in [-0.39, 0.29) is 5.91 Å². The van der Waals surface area contributed by atoms with Gasteiger partial charge in [-0.1, -0.05) is 6.92 Å². The summed E-state index contributed by atoms with van der Waals surface area (Å²) in [5.41, 5.74) is 6.81. The molecule has 0 radical (unpaired) electrons. The molecular formula is C13H20N2O3S. The molecule has 5 nitrogen and oxygen atoms in total. The zero-order chi connectivity index (χ0) is 14.3. The third-order valence-electron chi connectivity index (χ3n) is 2.60. The molecule has 6 heteroatoms. The van der Waals surface area contributed by atoms with Gasteiger partial charge in [-0.25, -0.2) is 0 Å². The average Bonchev–Trinajstić information content (AvgIpc) is 2.40. The number of carbonyl (C=O) groups is 1. The van der Waals surface area contributed by atoms with Crippen LogP contribution in [0.15, 0.2) is 18.2 Å². The first-order valence-electron chi connectivity index (χ1n) is 6.15. The second kappa shape index (κ2) is 7.78. The zero-order valence-electron chi connectivity index (χ0n) is 11.3. The number of nitrogens with two attached hydrogens (primary N) is 1. The van der Waals surface area contributed by atoms with Crippen molar-refractivity contribution < 1.29 is 13.7 Å². The summed E-state index contributed by atoms with van der Waals surface area (Å²) in [5, 5.41) is 2.76. The Kier molecular flexibility index (Phi) is 6.35. The Bertz CT molecular complexity index is 463. The molecule has 1 amide bonds. The van der Waals surface area contributed by atoms with Crippen molar-refractivity contribution in [3.05, 3.63) is 18.2 Å². The van der Waals surface area contributed by atoms with Crippen LogP contribution in [0.4, 0.5) is 11.4 Å². The molecular weight excluding hydrogens is 264 g/mol. The van der Waals surface area contributed by atoms with Crippen LogP contribution in [0.2, 0.25) is 0 Å². The minimum atomic E-state index is -0.820. The SMILES string of the molecule is CCS(=O)CCCC(=O)Nc1ccc(N)cc1OC. The highest BCUT2D eigenvalue weighted by atomic mass is 32.2. The van der Waals surface area contributed by atoms with Crippen molar-refractivity contribution in [2.75, 3.05) is 29.7 Å². The summed E-state index contributed by atoms with van der Waals surface area (Å²) in [4.78, 5) is 11.7. The van der Waals surface area contributed by atoms with Gasteiger partial charge in [0.15, 0.2) is 0 Å². The van der Waals surface area contributed by atoms with E-state index in [0.717, 1.165) is 0 Å². The monoisotopic (exact) mass is 284 g/mol. The minimum Gasteiger partial charge on any atom is -0.494 e. The lowest BCUT2D eigenvalue weighted by atomic mass is 10.2. The molecule has 1 atom stereocenters. The zero-order valence-corrected chi connectivity index (χ0v) is 12.1. The first-order valence-corrected chi connectivity index (χ1v) is 7.64. The third-order valence-corrected chi connectivity index (χ3v) is 3.99. The van der Waals surface area contributed by atoms with Gasteiger partial charge in [-0.2, -0.15) is 0 Å². The fourth-order valence-electron chi connectivity index (χ4n) is 1.56. The molecule has 1 unspecified atom stereocenters. The molecule has 0 aliphatic heterocycles. The van der Waals surface area contributed by atoms with E-state index in [1.54, 1.807) is 18.2 Å². The maximum Gasteiger partial charge on any atom is 0.224 e. The van der Waals surface area contributed by atoms with Crippen molar-refractivity contribution in [2.24, 2.45) is 0 Å². The molecule has 1 rings (SSSR count). The number of amides is 1. The van der Waals surface area contributed by atoms with Crippen molar-refractivity contribution in [3.63, 3.8) is 0 Å². The molecule has 1 aromatic rings. The number of hydrogen-bond acceptors (Lipinski definition) is 4. The second-order valence-corrected chi connectivity index (χ2v) is 5.91. The molecule has 19 heavy (non-hydrogen) atoms. The predicted molar refractivity (Wildman–Crippen MR) is 78.8 cm³/mol. The van der Waals surface area contributed by atoms with Gasteiger partial charge in [0.2, 0.25) is 5.91 Å². The lowest BCUT2D eigenvalue weighted by Crippen LogP contribution is -2.13. The summed E-state index contributed by atoms with van der Waals surface area (Å²) < 4.78 is 16.4. The number of nitrogen functional groups attached to an aromatic ring is 1. The Hall–Kier alpha value is -1.56. The van der Waals surface area contributed by atoms with E-state index in [2.05, 4.69) is 5.32 Å². The average molecular weight is 284 g/mol.